The van der Waals surface area contributed by atoms with E-state index < -0.39 is 0 Å². The molecule has 0 radical (unpaired) electrons. The largest absolute Gasteiger partial charge is 0.380 e. The van der Waals surface area contributed by atoms with E-state index in [1.807, 2.05) is 0 Å². The summed E-state index contributed by atoms with van der Waals surface area (Å²) in [6.07, 6.45) is 5.13. The Labute approximate surface area is 166 Å². The number of ether oxygens (including phenoxy) is 1. The van der Waals surface area contributed by atoms with Crippen LogP contribution in [0.5, 0.6) is 0 Å². The summed E-state index contributed by atoms with van der Waals surface area (Å²) in [5, 5.41) is 0. The molecule has 0 aliphatic carbocycles. The van der Waals surface area contributed by atoms with Crippen molar-refractivity contribution in [1.82, 2.24) is 9.80 Å². The molecule has 0 bridgehead atoms. The van der Waals surface area contributed by atoms with Crippen LogP contribution in [0, 0.1) is 0 Å². The van der Waals surface area contributed by atoms with Crippen LogP contribution in [0.4, 0.5) is 0 Å². The third-order valence-corrected chi connectivity index (χ3v) is 9.62. The lowest BCUT2D eigenvalue weighted by molar-refractivity contribution is 0.167. The Kier molecular flexibility index (Phi) is 11.1. The molecule has 0 aromatic carbocycles. The van der Waals surface area contributed by atoms with Crippen molar-refractivity contribution in [2.45, 2.75) is 25.7 Å². The van der Waals surface area contributed by atoms with E-state index in [2.05, 4.69) is 9.80 Å². The van der Waals surface area contributed by atoms with Gasteiger partial charge >= 0.3 is 0 Å². The second-order valence-electron chi connectivity index (χ2n) is 5.34. The Balaban J connectivity index is 1.35. The van der Waals surface area contributed by atoms with E-state index in [4.69, 9.17) is 29.2 Å². The molecule has 2 heterocycles. The Morgan fingerprint density at radius 3 is 1.52 bits per heavy atom. The third kappa shape index (κ3) is 8.37. The molecule has 2 fully saturated rings. The molecular weight excluding hydrogens is 405 g/mol. The molecule has 0 amide bonds. The van der Waals surface area contributed by atoms with Crippen LogP contribution in [0.3, 0.4) is 0 Å². The summed E-state index contributed by atoms with van der Waals surface area (Å²) in [4.78, 5) is 4.62. The Bertz CT molecular complexity index is 338. The molecule has 2 rings (SSSR count). The summed E-state index contributed by atoms with van der Waals surface area (Å²) in [7, 11) is 7.05. The standard InChI is InChI=1S/C14H24N2OS6/c18-13(15-5-1-2-6-15)22-20-11-9-17-10-12-21-23-14(19)16-7-3-4-8-16/h1-12H2. The molecule has 0 saturated carbocycles. The topological polar surface area (TPSA) is 15.7 Å². The van der Waals surface area contributed by atoms with Gasteiger partial charge in [0.25, 0.3) is 0 Å². The number of likely N-dealkylation sites (tertiary alicyclic amines) is 2. The molecule has 132 valence electrons. The molecule has 0 atom stereocenters. The third-order valence-electron chi connectivity index (χ3n) is 3.61. The second kappa shape index (κ2) is 12.5. The lowest BCUT2D eigenvalue weighted by Gasteiger charge is -2.17. The maximum atomic E-state index is 5.67. The predicted octanol–water partition coefficient (Wildman–Crippen LogP) is 4.53. The van der Waals surface area contributed by atoms with E-state index >= 15 is 0 Å². The van der Waals surface area contributed by atoms with Crippen molar-refractivity contribution in [3.8, 4) is 0 Å². The molecule has 3 nitrogen and oxygen atoms in total. The zero-order chi connectivity index (χ0) is 16.3. The Hall–Kier alpha value is 1.14. The molecule has 23 heavy (non-hydrogen) atoms. The van der Waals surface area contributed by atoms with Crippen molar-refractivity contribution in [1.29, 1.82) is 0 Å². The van der Waals surface area contributed by atoms with E-state index in [1.54, 1.807) is 43.2 Å². The maximum absolute atomic E-state index is 5.67. The van der Waals surface area contributed by atoms with Crippen molar-refractivity contribution in [2.24, 2.45) is 0 Å². The van der Waals surface area contributed by atoms with Gasteiger partial charge in [0.1, 0.15) is 8.64 Å². The fraction of sp³-hybridized carbons (Fsp3) is 0.857. The SMILES string of the molecule is S=C(SSCCOCCSSC(=S)N1CCCC1)N1CCCC1. The van der Waals surface area contributed by atoms with Crippen LogP contribution in [0.25, 0.3) is 0 Å². The summed E-state index contributed by atoms with van der Waals surface area (Å²) in [5.74, 6) is 1.98. The van der Waals surface area contributed by atoms with E-state index in [9.17, 15) is 0 Å². The average Bonchev–Trinajstić information content (AvgIpc) is 3.25. The monoisotopic (exact) mass is 428 g/mol. The van der Waals surface area contributed by atoms with Gasteiger partial charge in [0, 0.05) is 37.7 Å². The van der Waals surface area contributed by atoms with Crippen LogP contribution in [0.15, 0.2) is 0 Å². The summed E-state index contributed by atoms with van der Waals surface area (Å²) in [6, 6.07) is 0. The van der Waals surface area contributed by atoms with Gasteiger partial charge < -0.3 is 14.5 Å². The Morgan fingerprint density at radius 2 is 1.13 bits per heavy atom. The van der Waals surface area contributed by atoms with Gasteiger partial charge in [-0.2, -0.15) is 0 Å². The van der Waals surface area contributed by atoms with Crippen LogP contribution >= 0.6 is 67.6 Å². The number of rotatable bonds is 8. The normalized spacial score (nSPS) is 17.9. The van der Waals surface area contributed by atoms with Crippen LogP contribution in [-0.4, -0.2) is 69.3 Å². The first-order chi connectivity index (χ1) is 11.3. The Morgan fingerprint density at radius 1 is 0.739 bits per heavy atom. The minimum absolute atomic E-state index is 0.794. The predicted molar refractivity (Wildman–Crippen MR) is 118 cm³/mol. The van der Waals surface area contributed by atoms with Gasteiger partial charge in [-0.25, -0.2) is 0 Å². The molecule has 0 spiro atoms. The van der Waals surface area contributed by atoms with Crippen molar-refractivity contribution in [2.75, 3.05) is 50.9 Å². The van der Waals surface area contributed by atoms with Gasteiger partial charge in [-0.3, -0.25) is 0 Å². The number of thiocarbonyl (C=S) groups is 2. The van der Waals surface area contributed by atoms with Gasteiger partial charge in [0.15, 0.2) is 0 Å². The smallest absolute Gasteiger partial charge is 0.147 e. The van der Waals surface area contributed by atoms with E-state index in [-0.39, 0.29) is 0 Å². The number of hydrogen-bond donors (Lipinski definition) is 0. The van der Waals surface area contributed by atoms with Gasteiger partial charge in [-0.15, -0.1) is 0 Å². The first kappa shape index (κ1) is 20.5. The zero-order valence-electron chi connectivity index (χ0n) is 13.2. The molecule has 2 aliphatic heterocycles. The summed E-state index contributed by atoms with van der Waals surface area (Å²) in [6.45, 7) is 6.13. The lowest BCUT2D eigenvalue weighted by atomic mass is 10.4. The fourth-order valence-electron chi connectivity index (χ4n) is 2.38. The second-order valence-corrected chi connectivity index (χ2v) is 11.4. The minimum Gasteiger partial charge on any atom is -0.380 e. The summed E-state index contributed by atoms with van der Waals surface area (Å²) >= 11 is 10.8. The van der Waals surface area contributed by atoms with Crippen molar-refractivity contribution >= 4 is 76.3 Å². The van der Waals surface area contributed by atoms with E-state index in [1.165, 1.54) is 25.7 Å². The molecular formula is C14H24N2OS6. The molecule has 9 heteroatoms. The van der Waals surface area contributed by atoms with E-state index in [0.29, 0.717) is 0 Å². The fourth-order valence-corrected chi connectivity index (χ4v) is 7.07. The lowest BCUT2D eigenvalue weighted by Crippen LogP contribution is -2.22. The molecule has 0 aromatic heterocycles. The first-order valence-electron chi connectivity index (χ1n) is 8.02. The van der Waals surface area contributed by atoms with E-state index in [0.717, 1.165) is 59.5 Å². The molecule has 0 aromatic rings. The van der Waals surface area contributed by atoms with Gasteiger partial charge in [-0.05, 0) is 47.3 Å². The molecule has 2 aliphatic rings. The maximum Gasteiger partial charge on any atom is 0.147 e. The minimum atomic E-state index is 0.794. The van der Waals surface area contributed by atoms with Crippen molar-refractivity contribution < 1.29 is 4.74 Å². The van der Waals surface area contributed by atoms with Crippen LogP contribution in [0.2, 0.25) is 0 Å². The molecule has 0 N–H and O–H groups in total. The highest BCUT2D eigenvalue weighted by Gasteiger charge is 2.15. The number of hydrogen-bond acceptors (Lipinski definition) is 7. The highest BCUT2D eigenvalue weighted by atomic mass is 33.1. The van der Waals surface area contributed by atoms with Crippen LogP contribution < -0.4 is 0 Å². The van der Waals surface area contributed by atoms with Gasteiger partial charge in [0.05, 0.1) is 13.2 Å². The molecule has 0 unspecified atom stereocenters. The van der Waals surface area contributed by atoms with Crippen molar-refractivity contribution in [3.63, 3.8) is 0 Å². The van der Waals surface area contributed by atoms with Gasteiger partial charge in [-0.1, -0.05) is 46.0 Å². The number of nitrogens with zero attached hydrogens (tertiary/aromatic N) is 2. The van der Waals surface area contributed by atoms with Gasteiger partial charge in [0.2, 0.25) is 0 Å². The summed E-state index contributed by atoms with van der Waals surface area (Å²) < 4.78 is 7.74. The summed E-state index contributed by atoms with van der Waals surface area (Å²) in [5.41, 5.74) is 0. The quantitative estimate of drug-likeness (QED) is 0.312. The van der Waals surface area contributed by atoms with Crippen LogP contribution in [0.1, 0.15) is 25.7 Å². The van der Waals surface area contributed by atoms with Crippen molar-refractivity contribution in [3.05, 3.63) is 0 Å². The average molecular weight is 429 g/mol. The highest BCUT2D eigenvalue weighted by molar-refractivity contribution is 8.84. The first-order valence-corrected chi connectivity index (χ1v) is 13.5. The van der Waals surface area contributed by atoms with Crippen LogP contribution in [-0.2, 0) is 4.74 Å². The molecule has 2 saturated heterocycles. The zero-order valence-corrected chi connectivity index (χ0v) is 18.1. The highest BCUT2D eigenvalue weighted by Crippen LogP contribution is 2.28.